The number of halogens is 2. The van der Waals surface area contributed by atoms with Gasteiger partial charge in [0.25, 0.3) is 0 Å². The SMILES string of the molecule is O=C(CCS(=O)(=O)c1ccc(Cl)cc1)OC1CN(c2nc3ccc(F)cc3s2)C1. The molecule has 152 valence electrons. The molecule has 1 aliphatic heterocycles. The zero-order chi connectivity index (χ0) is 20.6. The Morgan fingerprint density at radius 3 is 2.69 bits per heavy atom. The third-order valence-electron chi connectivity index (χ3n) is 4.50. The van der Waals surface area contributed by atoms with Crippen LogP contribution in [0.1, 0.15) is 6.42 Å². The van der Waals surface area contributed by atoms with Crippen LogP contribution in [-0.2, 0) is 19.4 Å². The highest BCUT2D eigenvalue weighted by molar-refractivity contribution is 7.91. The Morgan fingerprint density at radius 1 is 1.24 bits per heavy atom. The molecule has 6 nitrogen and oxygen atoms in total. The van der Waals surface area contributed by atoms with Gasteiger partial charge < -0.3 is 9.64 Å². The molecule has 29 heavy (non-hydrogen) atoms. The number of benzene rings is 2. The van der Waals surface area contributed by atoms with E-state index in [4.69, 9.17) is 16.3 Å². The molecule has 3 aromatic rings. The van der Waals surface area contributed by atoms with Gasteiger partial charge in [0.15, 0.2) is 15.0 Å². The molecule has 0 spiro atoms. The predicted molar refractivity (Wildman–Crippen MR) is 110 cm³/mol. The minimum atomic E-state index is -3.58. The molecular weight excluding hydrogens is 439 g/mol. The van der Waals surface area contributed by atoms with Crippen LogP contribution in [-0.4, -0.2) is 44.3 Å². The number of rotatable bonds is 6. The van der Waals surface area contributed by atoms with E-state index < -0.39 is 15.8 Å². The molecule has 1 aliphatic rings. The van der Waals surface area contributed by atoms with E-state index in [2.05, 4.69) is 4.98 Å². The molecule has 1 fully saturated rings. The fraction of sp³-hybridized carbons (Fsp3) is 0.263. The van der Waals surface area contributed by atoms with Gasteiger partial charge in [-0.15, -0.1) is 0 Å². The molecule has 0 unspecified atom stereocenters. The summed E-state index contributed by atoms with van der Waals surface area (Å²) in [5.41, 5.74) is 0.722. The van der Waals surface area contributed by atoms with Gasteiger partial charge in [0.2, 0.25) is 0 Å². The molecular formula is C19H16ClFN2O4S2. The Morgan fingerprint density at radius 2 is 1.97 bits per heavy atom. The average molecular weight is 455 g/mol. The number of carbonyl (C=O) groups excluding carboxylic acids is 1. The van der Waals surface area contributed by atoms with Crippen LogP contribution in [0.15, 0.2) is 47.4 Å². The van der Waals surface area contributed by atoms with Gasteiger partial charge in [-0.1, -0.05) is 22.9 Å². The van der Waals surface area contributed by atoms with Crippen LogP contribution in [0.4, 0.5) is 9.52 Å². The highest BCUT2D eigenvalue weighted by atomic mass is 35.5. The van der Waals surface area contributed by atoms with Gasteiger partial charge in [-0.2, -0.15) is 0 Å². The van der Waals surface area contributed by atoms with Crippen LogP contribution in [0, 0.1) is 5.82 Å². The van der Waals surface area contributed by atoms with Crippen molar-refractivity contribution in [2.45, 2.75) is 17.4 Å². The standard InChI is InChI=1S/C19H16ClFN2O4S2/c20-12-1-4-15(5-2-12)29(25,26)8-7-18(24)27-14-10-23(11-14)19-22-16-6-3-13(21)9-17(16)28-19/h1-6,9,14H,7-8,10-11H2. The maximum absolute atomic E-state index is 13.3. The van der Waals surface area contributed by atoms with Gasteiger partial charge >= 0.3 is 5.97 Å². The molecule has 1 saturated heterocycles. The number of thiazole rings is 1. The van der Waals surface area contributed by atoms with Crippen LogP contribution in [0.2, 0.25) is 5.02 Å². The lowest BCUT2D eigenvalue weighted by atomic mass is 10.2. The Labute approximate surface area is 175 Å². The number of ether oxygens (including phenoxy) is 1. The molecule has 10 heteroatoms. The smallest absolute Gasteiger partial charge is 0.307 e. The second-order valence-corrected chi connectivity index (χ2v) is 10.2. The Bertz CT molecular complexity index is 1160. The molecule has 4 rings (SSSR count). The molecule has 0 amide bonds. The lowest BCUT2D eigenvalue weighted by molar-refractivity contribution is -0.149. The quantitative estimate of drug-likeness (QED) is 0.529. The van der Waals surface area contributed by atoms with E-state index in [1.54, 1.807) is 6.07 Å². The Hall–Kier alpha value is -2.23. The summed E-state index contributed by atoms with van der Waals surface area (Å²) in [5, 5.41) is 1.18. The first-order chi connectivity index (χ1) is 13.8. The van der Waals surface area contributed by atoms with Crippen molar-refractivity contribution in [2.24, 2.45) is 0 Å². The third kappa shape index (κ3) is 4.52. The zero-order valence-electron chi connectivity index (χ0n) is 15.0. The van der Waals surface area contributed by atoms with Crippen molar-refractivity contribution in [2.75, 3.05) is 23.7 Å². The van der Waals surface area contributed by atoms with E-state index in [9.17, 15) is 17.6 Å². The molecule has 1 aromatic heterocycles. The first-order valence-corrected chi connectivity index (χ1v) is 11.6. The monoisotopic (exact) mass is 454 g/mol. The lowest BCUT2D eigenvalue weighted by Crippen LogP contribution is -2.53. The van der Waals surface area contributed by atoms with Crippen molar-refractivity contribution in [3.05, 3.63) is 53.3 Å². The summed E-state index contributed by atoms with van der Waals surface area (Å²) in [6, 6.07) is 10.2. The number of aromatic nitrogens is 1. The second-order valence-electron chi connectivity index (χ2n) is 6.65. The molecule has 0 bridgehead atoms. The van der Waals surface area contributed by atoms with Crippen molar-refractivity contribution in [3.8, 4) is 0 Å². The van der Waals surface area contributed by atoms with Crippen molar-refractivity contribution in [1.82, 2.24) is 4.98 Å². The second kappa shape index (κ2) is 7.89. The van der Waals surface area contributed by atoms with E-state index in [1.807, 2.05) is 4.90 Å². The molecule has 0 atom stereocenters. The van der Waals surface area contributed by atoms with Gasteiger partial charge in [0, 0.05) is 5.02 Å². The lowest BCUT2D eigenvalue weighted by Gasteiger charge is -2.38. The van der Waals surface area contributed by atoms with E-state index in [0.29, 0.717) is 18.1 Å². The van der Waals surface area contributed by atoms with Crippen molar-refractivity contribution in [1.29, 1.82) is 0 Å². The molecule has 2 heterocycles. The first-order valence-electron chi connectivity index (χ1n) is 8.79. The molecule has 2 aromatic carbocycles. The van der Waals surface area contributed by atoms with Gasteiger partial charge in [0.1, 0.15) is 11.9 Å². The fourth-order valence-corrected chi connectivity index (χ4v) is 5.27. The minimum Gasteiger partial charge on any atom is -0.459 e. The van der Waals surface area contributed by atoms with Crippen LogP contribution < -0.4 is 4.90 Å². The van der Waals surface area contributed by atoms with E-state index in [-0.39, 0.29) is 29.0 Å². The maximum Gasteiger partial charge on any atom is 0.307 e. The summed E-state index contributed by atoms with van der Waals surface area (Å²) in [6.45, 7) is 0.940. The summed E-state index contributed by atoms with van der Waals surface area (Å²) in [4.78, 5) is 18.5. The number of carbonyl (C=O) groups is 1. The predicted octanol–water partition coefficient (Wildman–Crippen LogP) is 3.68. The summed E-state index contributed by atoms with van der Waals surface area (Å²) < 4.78 is 43.9. The first kappa shape index (κ1) is 20.1. The molecule has 0 saturated carbocycles. The Kier molecular flexibility index (Phi) is 5.46. The molecule has 0 N–H and O–H groups in total. The van der Waals surface area contributed by atoms with Gasteiger partial charge in [-0.3, -0.25) is 4.79 Å². The average Bonchev–Trinajstić information content (AvgIpc) is 3.05. The van der Waals surface area contributed by atoms with Crippen LogP contribution in [0.3, 0.4) is 0 Å². The highest BCUT2D eigenvalue weighted by Gasteiger charge is 2.32. The summed E-state index contributed by atoms with van der Waals surface area (Å²) in [6.07, 6.45) is -0.536. The number of esters is 1. The minimum absolute atomic E-state index is 0.122. The highest BCUT2D eigenvalue weighted by Crippen LogP contribution is 2.32. The van der Waals surface area contributed by atoms with E-state index in [0.717, 1.165) is 15.3 Å². The third-order valence-corrected chi connectivity index (χ3v) is 7.57. The topological polar surface area (TPSA) is 76.6 Å². The molecule has 0 aliphatic carbocycles. The van der Waals surface area contributed by atoms with E-state index in [1.165, 1.54) is 47.7 Å². The van der Waals surface area contributed by atoms with Crippen molar-refractivity contribution < 1.29 is 22.3 Å². The van der Waals surface area contributed by atoms with Gasteiger partial charge in [-0.05, 0) is 42.5 Å². The summed E-state index contributed by atoms with van der Waals surface area (Å²) in [7, 11) is -3.58. The number of anilines is 1. The fourth-order valence-electron chi connectivity index (χ4n) is 2.91. The summed E-state index contributed by atoms with van der Waals surface area (Å²) >= 11 is 7.14. The number of nitrogens with zero attached hydrogens (tertiary/aromatic N) is 2. The summed E-state index contributed by atoms with van der Waals surface area (Å²) in [5.74, 6) is -1.19. The van der Waals surface area contributed by atoms with Gasteiger partial charge in [0.05, 0.1) is 40.4 Å². The van der Waals surface area contributed by atoms with E-state index >= 15 is 0 Å². The number of fused-ring (bicyclic) bond motifs is 1. The molecule has 0 radical (unpaired) electrons. The van der Waals surface area contributed by atoms with Crippen LogP contribution >= 0.6 is 22.9 Å². The normalized spacial score (nSPS) is 14.8. The zero-order valence-corrected chi connectivity index (χ0v) is 17.4. The number of sulfone groups is 1. The number of hydrogen-bond acceptors (Lipinski definition) is 7. The van der Waals surface area contributed by atoms with Crippen LogP contribution in [0.5, 0.6) is 0 Å². The largest absolute Gasteiger partial charge is 0.459 e. The maximum atomic E-state index is 13.3. The van der Waals surface area contributed by atoms with Crippen LogP contribution in [0.25, 0.3) is 10.2 Å². The van der Waals surface area contributed by atoms with Gasteiger partial charge in [-0.25, -0.2) is 17.8 Å². The number of hydrogen-bond donors (Lipinski definition) is 0. The Balaban J connectivity index is 1.27. The van der Waals surface area contributed by atoms with Crippen molar-refractivity contribution in [3.63, 3.8) is 0 Å². The van der Waals surface area contributed by atoms with Crippen molar-refractivity contribution >= 4 is 54.1 Å².